The van der Waals surface area contributed by atoms with E-state index in [1.165, 1.54) is 51.9 Å². The topological polar surface area (TPSA) is 15.3 Å². The Morgan fingerprint density at radius 1 is 1.20 bits per heavy atom. The highest BCUT2D eigenvalue weighted by atomic mass is 15.1. The van der Waals surface area contributed by atoms with Crippen molar-refractivity contribution in [1.29, 1.82) is 0 Å². The van der Waals surface area contributed by atoms with Gasteiger partial charge in [0.25, 0.3) is 0 Å². The lowest BCUT2D eigenvalue weighted by atomic mass is 9.96. The maximum absolute atomic E-state index is 3.43. The van der Waals surface area contributed by atoms with Crippen LogP contribution in [0.1, 0.15) is 39.5 Å². The van der Waals surface area contributed by atoms with Crippen molar-refractivity contribution in [1.82, 2.24) is 10.2 Å². The van der Waals surface area contributed by atoms with Gasteiger partial charge in [0.15, 0.2) is 0 Å². The van der Waals surface area contributed by atoms with Gasteiger partial charge < -0.3 is 10.2 Å². The predicted octanol–water partition coefficient (Wildman–Crippen LogP) is 2.35. The lowest BCUT2D eigenvalue weighted by Gasteiger charge is -2.29. The Labute approximate surface area is 95.4 Å². The Hall–Kier alpha value is -0.0800. The van der Waals surface area contributed by atoms with Crippen molar-refractivity contribution in [2.45, 2.75) is 39.5 Å². The van der Waals surface area contributed by atoms with E-state index in [4.69, 9.17) is 0 Å². The molecule has 1 saturated heterocycles. The lowest BCUT2D eigenvalue weighted by Crippen LogP contribution is -2.36. The summed E-state index contributed by atoms with van der Waals surface area (Å²) in [5.41, 5.74) is 0. The van der Waals surface area contributed by atoms with E-state index in [0.29, 0.717) is 0 Å². The molecule has 2 heteroatoms. The Bertz CT molecular complexity index is 149. The van der Waals surface area contributed by atoms with Crippen LogP contribution >= 0.6 is 0 Å². The third-order valence-corrected chi connectivity index (χ3v) is 3.75. The number of nitrogens with one attached hydrogen (secondary N) is 1. The zero-order valence-corrected chi connectivity index (χ0v) is 10.8. The fourth-order valence-electron chi connectivity index (χ4n) is 2.57. The normalized spacial score (nSPS) is 19.0. The quantitative estimate of drug-likeness (QED) is 0.727. The molecule has 0 amide bonds. The van der Waals surface area contributed by atoms with Gasteiger partial charge in [-0.15, -0.1) is 0 Å². The lowest BCUT2D eigenvalue weighted by molar-refractivity contribution is 0.208. The second-order valence-corrected chi connectivity index (χ2v) is 5.10. The second kappa shape index (κ2) is 7.24. The second-order valence-electron chi connectivity index (χ2n) is 5.10. The first-order valence-corrected chi connectivity index (χ1v) is 6.65. The van der Waals surface area contributed by atoms with Gasteiger partial charge >= 0.3 is 0 Å². The summed E-state index contributed by atoms with van der Waals surface area (Å²) in [6.07, 6.45) is 5.39. The molecule has 0 aliphatic carbocycles. The Kier molecular flexibility index (Phi) is 6.26. The molecule has 0 aromatic heterocycles. The first kappa shape index (κ1) is 13.0. The SMILES string of the molecule is CCC(CC)CN(C)CC1CCNCC1. The summed E-state index contributed by atoms with van der Waals surface area (Å²) >= 11 is 0. The summed E-state index contributed by atoms with van der Waals surface area (Å²) in [5, 5.41) is 3.43. The molecule has 0 radical (unpaired) electrons. The van der Waals surface area contributed by atoms with Crippen molar-refractivity contribution in [3.05, 3.63) is 0 Å². The molecule has 0 spiro atoms. The largest absolute Gasteiger partial charge is 0.317 e. The first-order valence-electron chi connectivity index (χ1n) is 6.65. The molecule has 1 aliphatic heterocycles. The molecule has 0 bridgehead atoms. The molecule has 1 fully saturated rings. The number of rotatable bonds is 6. The summed E-state index contributed by atoms with van der Waals surface area (Å²) in [6.45, 7) is 9.67. The van der Waals surface area contributed by atoms with E-state index < -0.39 is 0 Å². The van der Waals surface area contributed by atoms with E-state index in [1.807, 2.05) is 0 Å². The smallest absolute Gasteiger partial charge is 0.000767 e. The molecule has 1 aliphatic rings. The van der Waals surface area contributed by atoms with Crippen LogP contribution in [-0.4, -0.2) is 38.1 Å². The molecule has 1 N–H and O–H groups in total. The molecule has 0 aromatic rings. The third-order valence-electron chi connectivity index (χ3n) is 3.75. The van der Waals surface area contributed by atoms with Gasteiger partial charge in [-0.2, -0.15) is 0 Å². The molecule has 0 saturated carbocycles. The Morgan fingerprint density at radius 3 is 2.33 bits per heavy atom. The number of hydrogen-bond donors (Lipinski definition) is 1. The molecular formula is C13H28N2. The number of hydrogen-bond acceptors (Lipinski definition) is 2. The van der Waals surface area contributed by atoms with E-state index in [2.05, 4.69) is 31.1 Å². The summed E-state index contributed by atoms with van der Waals surface area (Å²) in [5.74, 6) is 1.84. The van der Waals surface area contributed by atoms with Gasteiger partial charge in [-0.25, -0.2) is 0 Å². The van der Waals surface area contributed by atoms with E-state index in [9.17, 15) is 0 Å². The summed E-state index contributed by atoms with van der Waals surface area (Å²) in [4.78, 5) is 2.55. The highest BCUT2D eigenvalue weighted by Crippen LogP contribution is 2.15. The van der Waals surface area contributed by atoms with Crippen LogP contribution in [-0.2, 0) is 0 Å². The molecule has 1 rings (SSSR count). The summed E-state index contributed by atoms with van der Waals surface area (Å²) < 4.78 is 0. The van der Waals surface area contributed by atoms with Gasteiger partial charge in [-0.1, -0.05) is 26.7 Å². The minimum atomic E-state index is 0.900. The van der Waals surface area contributed by atoms with Crippen LogP contribution in [0.2, 0.25) is 0 Å². The standard InChI is InChI=1S/C13H28N2/c1-4-12(5-2)10-15(3)11-13-6-8-14-9-7-13/h12-14H,4-11H2,1-3H3. The molecular weight excluding hydrogens is 184 g/mol. The van der Waals surface area contributed by atoms with Crippen molar-refractivity contribution in [3.63, 3.8) is 0 Å². The maximum Gasteiger partial charge on any atom is 0.000767 e. The van der Waals surface area contributed by atoms with Gasteiger partial charge in [0.05, 0.1) is 0 Å². The first-order chi connectivity index (χ1) is 7.26. The average molecular weight is 212 g/mol. The Morgan fingerprint density at radius 2 is 1.80 bits per heavy atom. The average Bonchev–Trinajstić information content (AvgIpc) is 2.27. The summed E-state index contributed by atoms with van der Waals surface area (Å²) in [6, 6.07) is 0. The number of piperidine rings is 1. The molecule has 0 aromatic carbocycles. The van der Waals surface area contributed by atoms with Crippen molar-refractivity contribution in [2.75, 3.05) is 33.2 Å². The van der Waals surface area contributed by atoms with Crippen LogP contribution in [0.4, 0.5) is 0 Å². The van der Waals surface area contributed by atoms with Crippen molar-refractivity contribution in [2.24, 2.45) is 11.8 Å². The van der Waals surface area contributed by atoms with Crippen LogP contribution in [0.5, 0.6) is 0 Å². The summed E-state index contributed by atoms with van der Waals surface area (Å²) in [7, 11) is 2.29. The molecule has 90 valence electrons. The van der Waals surface area contributed by atoms with E-state index in [-0.39, 0.29) is 0 Å². The maximum atomic E-state index is 3.43. The predicted molar refractivity (Wildman–Crippen MR) is 67.2 cm³/mol. The van der Waals surface area contributed by atoms with Gasteiger partial charge in [0.2, 0.25) is 0 Å². The van der Waals surface area contributed by atoms with Gasteiger partial charge in [-0.05, 0) is 44.8 Å². The third kappa shape index (κ3) is 4.98. The monoisotopic (exact) mass is 212 g/mol. The van der Waals surface area contributed by atoms with Gasteiger partial charge in [0.1, 0.15) is 0 Å². The van der Waals surface area contributed by atoms with Crippen LogP contribution in [0.15, 0.2) is 0 Å². The molecule has 1 heterocycles. The minimum Gasteiger partial charge on any atom is -0.317 e. The van der Waals surface area contributed by atoms with Crippen LogP contribution in [0.25, 0.3) is 0 Å². The van der Waals surface area contributed by atoms with Gasteiger partial charge in [-0.3, -0.25) is 0 Å². The highest BCUT2D eigenvalue weighted by Gasteiger charge is 2.16. The molecule has 2 nitrogen and oxygen atoms in total. The Balaban J connectivity index is 2.18. The molecule has 15 heavy (non-hydrogen) atoms. The highest BCUT2D eigenvalue weighted by molar-refractivity contribution is 4.72. The zero-order chi connectivity index (χ0) is 11.1. The fourth-order valence-corrected chi connectivity index (χ4v) is 2.57. The van der Waals surface area contributed by atoms with E-state index >= 15 is 0 Å². The van der Waals surface area contributed by atoms with Crippen molar-refractivity contribution in [3.8, 4) is 0 Å². The minimum absolute atomic E-state index is 0.900. The van der Waals surface area contributed by atoms with Gasteiger partial charge in [0, 0.05) is 13.1 Å². The van der Waals surface area contributed by atoms with Crippen LogP contribution in [0.3, 0.4) is 0 Å². The molecule has 0 atom stereocenters. The number of nitrogens with zero attached hydrogens (tertiary/aromatic N) is 1. The van der Waals surface area contributed by atoms with E-state index in [1.54, 1.807) is 0 Å². The molecule has 0 unspecified atom stereocenters. The van der Waals surface area contributed by atoms with E-state index in [0.717, 1.165) is 11.8 Å². The van der Waals surface area contributed by atoms with Crippen molar-refractivity contribution >= 4 is 0 Å². The van der Waals surface area contributed by atoms with Crippen molar-refractivity contribution < 1.29 is 0 Å². The fraction of sp³-hybridized carbons (Fsp3) is 1.00. The zero-order valence-electron chi connectivity index (χ0n) is 10.8. The van der Waals surface area contributed by atoms with Crippen LogP contribution in [0, 0.1) is 11.8 Å². The van der Waals surface area contributed by atoms with Crippen LogP contribution < -0.4 is 5.32 Å².